The van der Waals surface area contributed by atoms with Gasteiger partial charge in [-0.15, -0.1) is 0 Å². The molecule has 7 nitrogen and oxygen atoms in total. The molecule has 7 heteroatoms. The summed E-state index contributed by atoms with van der Waals surface area (Å²) < 4.78 is 5.42. The number of aromatic carboxylic acids is 2. The summed E-state index contributed by atoms with van der Waals surface area (Å²) in [6.07, 6.45) is 0. The summed E-state index contributed by atoms with van der Waals surface area (Å²) in [5.74, 6) is -2.19. The Hall–Kier alpha value is -3.22. The Balaban J connectivity index is 2.41. The maximum absolute atomic E-state index is 11.1. The number of benzene rings is 2. The molecule has 0 atom stereocenters. The van der Waals surface area contributed by atoms with E-state index in [1.807, 2.05) is 0 Å². The lowest BCUT2D eigenvalue weighted by Crippen LogP contribution is -2.04. The highest BCUT2D eigenvalue weighted by atomic mass is 16.5. The van der Waals surface area contributed by atoms with Gasteiger partial charge in [0.1, 0.15) is 17.1 Å². The van der Waals surface area contributed by atoms with E-state index in [0.29, 0.717) is 0 Å². The fourth-order valence-electron chi connectivity index (χ4n) is 1.71. The van der Waals surface area contributed by atoms with E-state index in [4.69, 9.17) is 26.4 Å². The van der Waals surface area contributed by atoms with E-state index < -0.39 is 11.9 Å². The molecule has 0 aromatic heterocycles. The summed E-state index contributed by atoms with van der Waals surface area (Å²) in [5, 5.41) is 18.1. The number of carboxylic acids is 2. The van der Waals surface area contributed by atoms with Crippen LogP contribution in [0.3, 0.4) is 0 Å². The van der Waals surface area contributed by atoms with E-state index in [1.165, 1.54) is 36.4 Å². The molecule has 108 valence electrons. The van der Waals surface area contributed by atoms with E-state index in [1.54, 1.807) is 0 Å². The van der Waals surface area contributed by atoms with Gasteiger partial charge in [0.2, 0.25) is 0 Å². The Morgan fingerprint density at radius 3 is 2.19 bits per heavy atom. The molecule has 0 bridgehead atoms. The lowest BCUT2D eigenvalue weighted by Gasteiger charge is -2.10. The van der Waals surface area contributed by atoms with E-state index in [2.05, 4.69) is 0 Å². The van der Waals surface area contributed by atoms with Crippen molar-refractivity contribution in [2.45, 2.75) is 0 Å². The minimum absolute atomic E-state index is 0.0535. The molecule has 0 aliphatic rings. The van der Waals surface area contributed by atoms with Crippen molar-refractivity contribution in [3.8, 4) is 11.5 Å². The van der Waals surface area contributed by atoms with Gasteiger partial charge in [0.05, 0.1) is 5.56 Å². The lowest BCUT2D eigenvalue weighted by atomic mass is 10.1. The molecule has 0 saturated heterocycles. The average Bonchev–Trinajstić information content (AvgIpc) is 2.42. The van der Waals surface area contributed by atoms with Crippen LogP contribution in [0.15, 0.2) is 36.4 Å². The van der Waals surface area contributed by atoms with Crippen molar-refractivity contribution in [1.82, 2.24) is 0 Å². The van der Waals surface area contributed by atoms with Crippen molar-refractivity contribution in [2.75, 3.05) is 11.5 Å². The van der Waals surface area contributed by atoms with Gasteiger partial charge in [-0.05, 0) is 36.4 Å². The zero-order chi connectivity index (χ0) is 15.6. The number of carboxylic acid groups (broad SMARTS) is 2. The highest BCUT2D eigenvalue weighted by Gasteiger charge is 2.14. The average molecular weight is 288 g/mol. The van der Waals surface area contributed by atoms with Crippen LogP contribution >= 0.6 is 0 Å². The summed E-state index contributed by atoms with van der Waals surface area (Å²) in [7, 11) is 0. The molecule has 0 amide bonds. The van der Waals surface area contributed by atoms with Gasteiger partial charge in [0, 0.05) is 11.4 Å². The van der Waals surface area contributed by atoms with Crippen molar-refractivity contribution in [3.05, 3.63) is 47.5 Å². The van der Waals surface area contributed by atoms with Gasteiger partial charge in [-0.3, -0.25) is 0 Å². The molecule has 6 N–H and O–H groups in total. The third-order valence-electron chi connectivity index (χ3n) is 2.72. The molecule has 0 spiro atoms. The molecule has 0 fully saturated rings. The van der Waals surface area contributed by atoms with Crippen LogP contribution in [0, 0.1) is 0 Å². The van der Waals surface area contributed by atoms with E-state index in [9.17, 15) is 9.59 Å². The van der Waals surface area contributed by atoms with E-state index in [0.717, 1.165) is 0 Å². The number of hydrogen-bond donors (Lipinski definition) is 4. The molecule has 2 aromatic rings. The summed E-state index contributed by atoms with van der Waals surface area (Å²) in [6, 6.07) is 8.18. The summed E-state index contributed by atoms with van der Waals surface area (Å²) in [6.45, 7) is 0. The number of nitrogens with two attached hydrogens (primary N) is 2. The quantitative estimate of drug-likeness (QED) is 0.632. The summed E-state index contributed by atoms with van der Waals surface area (Å²) in [4.78, 5) is 22.1. The predicted molar refractivity (Wildman–Crippen MR) is 75.7 cm³/mol. The molecule has 21 heavy (non-hydrogen) atoms. The fourth-order valence-corrected chi connectivity index (χ4v) is 1.71. The lowest BCUT2D eigenvalue weighted by molar-refractivity contribution is 0.0683. The Bertz CT molecular complexity index is 727. The minimum Gasteiger partial charge on any atom is -0.478 e. The predicted octanol–water partition coefficient (Wildman–Crippen LogP) is 2.04. The summed E-state index contributed by atoms with van der Waals surface area (Å²) in [5.41, 5.74) is 11.2. The second kappa shape index (κ2) is 5.41. The van der Waals surface area contributed by atoms with Crippen LogP contribution in [0.1, 0.15) is 20.7 Å². The van der Waals surface area contributed by atoms with Crippen molar-refractivity contribution >= 4 is 23.3 Å². The van der Waals surface area contributed by atoms with Crippen LogP contribution in [0.5, 0.6) is 11.5 Å². The van der Waals surface area contributed by atoms with E-state index >= 15 is 0 Å². The molecule has 0 aliphatic heterocycles. The monoisotopic (exact) mass is 288 g/mol. The van der Waals surface area contributed by atoms with Crippen LogP contribution < -0.4 is 16.2 Å². The van der Waals surface area contributed by atoms with Gasteiger partial charge in [0.15, 0.2) is 0 Å². The van der Waals surface area contributed by atoms with Crippen LogP contribution in [0.2, 0.25) is 0 Å². The number of anilines is 2. The second-order valence-corrected chi connectivity index (χ2v) is 4.22. The Morgan fingerprint density at radius 2 is 1.57 bits per heavy atom. The van der Waals surface area contributed by atoms with Crippen molar-refractivity contribution < 1.29 is 24.5 Å². The third kappa shape index (κ3) is 3.03. The number of carbonyl (C=O) groups is 2. The molecule has 0 aliphatic carbocycles. The molecule has 0 saturated carbocycles. The standard InChI is InChI=1S/C14H12N2O5/c15-7-1-4-12(10(5-7)14(19)20)21-8-2-3-11(16)9(6-8)13(17)18/h1-6H,15-16H2,(H,17,18)(H,19,20). The van der Waals surface area contributed by atoms with Gasteiger partial charge in [-0.2, -0.15) is 0 Å². The SMILES string of the molecule is Nc1ccc(Oc2ccc(N)c(C(=O)O)c2)c(C(=O)O)c1. The van der Waals surface area contributed by atoms with Crippen LogP contribution in [0.25, 0.3) is 0 Å². The molecule has 0 radical (unpaired) electrons. The molecule has 0 heterocycles. The van der Waals surface area contributed by atoms with Crippen molar-refractivity contribution in [1.29, 1.82) is 0 Å². The summed E-state index contributed by atoms with van der Waals surface area (Å²) >= 11 is 0. The maximum atomic E-state index is 11.1. The first-order chi connectivity index (χ1) is 9.88. The minimum atomic E-state index is -1.20. The zero-order valence-electron chi connectivity index (χ0n) is 10.7. The topological polar surface area (TPSA) is 136 Å². The third-order valence-corrected chi connectivity index (χ3v) is 2.72. The van der Waals surface area contributed by atoms with Crippen molar-refractivity contribution in [2.24, 2.45) is 0 Å². The number of hydrogen-bond acceptors (Lipinski definition) is 5. The van der Waals surface area contributed by atoms with Gasteiger partial charge < -0.3 is 26.4 Å². The number of ether oxygens (including phenoxy) is 1. The Kier molecular flexibility index (Phi) is 3.66. The first-order valence-electron chi connectivity index (χ1n) is 5.82. The zero-order valence-corrected chi connectivity index (χ0v) is 10.7. The first-order valence-corrected chi connectivity index (χ1v) is 5.82. The van der Waals surface area contributed by atoms with Gasteiger partial charge in [0.25, 0.3) is 0 Å². The highest BCUT2D eigenvalue weighted by Crippen LogP contribution is 2.29. The van der Waals surface area contributed by atoms with Crippen LogP contribution in [-0.2, 0) is 0 Å². The smallest absolute Gasteiger partial charge is 0.339 e. The Morgan fingerprint density at radius 1 is 0.905 bits per heavy atom. The maximum Gasteiger partial charge on any atom is 0.339 e. The van der Waals surface area contributed by atoms with Crippen LogP contribution in [0.4, 0.5) is 11.4 Å². The fraction of sp³-hybridized carbons (Fsp3) is 0. The van der Waals surface area contributed by atoms with Gasteiger partial charge >= 0.3 is 11.9 Å². The van der Waals surface area contributed by atoms with Gasteiger partial charge in [-0.1, -0.05) is 0 Å². The second-order valence-electron chi connectivity index (χ2n) is 4.22. The number of nitrogen functional groups attached to an aromatic ring is 2. The molecule has 0 unspecified atom stereocenters. The molecule has 2 aromatic carbocycles. The highest BCUT2D eigenvalue weighted by molar-refractivity contribution is 5.94. The van der Waals surface area contributed by atoms with E-state index in [-0.39, 0.29) is 34.0 Å². The largest absolute Gasteiger partial charge is 0.478 e. The molecular formula is C14H12N2O5. The Labute approximate surface area is 119 Å². The van der Waals surface area contributed by atoms with Crippen LogP contribution in [-0.4, -0.2) is 22.2 Å². The molecule has 2 rings (SSSR count). The molecular weight excluding hydrogens is 276 g/mol. The van der Waals surface area contributed by atoms with Gasteiger partial charge in [-0.25, -0.2) is 9.59 Å². The number of rotatable bonds is 4. The first kappa shape index (κ1) is 14.2. The normalized spacial score (nSPS) is 10.1. The van der Waals surface area contributed by atoms with Crippen molar-refractivity contribution in [3.63, 3.8) is 0 Å².